The standard InChI is InChI=1S/C18H29N3O3/c1-3-21(20-17(23)12-9-14(2)18(19)24)13-16(22)11-10-15-7-5-4-6-8-15/h4-8,14,16,22H,3,9-13H2,1-2H3,(H2,19,24)(H,20,23). The summed E-state index contributed by atoms with van der Waals surface area (Å²) in [4.78, 5) is 22.9. The molecule has 0 heterocycles. The van der Waals surface area contributed by atoms with Crippen LogP contribution in [-0.4, -0.2) is 41.1 Å². The van der Waals surface area contributed by atoms with Crippen LogP contribution in [0.2, 0.25) is 0 Å². The first-order valence-electron chi connectivity index (χ1n) is 8.48. The lowest BCUT2D eigenvalue weighted by Gasteiger charge is -2.24. The minimum atomic E-state index is -0.519. The molecule has 24 heavy (non-hydrogen) atoms. The van der Waals surface area contributed by atoms with Crippen LogP contribution in [0.15, 0.2) is 30.3 Å². The molecule has 0 aliphatic carbocycles. The number of primary amides is 1. The number of nitrogens with one attached hydrogen (secondary N) is 1. The van der Waals surface area contributed by atoms with Crippen LogP contribution >= 0.6 is 0 Å². The van der Waals surface area contributed by atoms with Crippen molar-refractivity contribution in [2.24, 2.45) is 11.7 Å². The summed E-state index contributed by atoms with van der Waals surface area (Å²) in [5.41, 5.74) is 9.14. The third-order valence-corrected chi connectivity index (χ3v) is 3.99. The Morgan fingerprint density at radius 3 is 2.50 bits per heavy atom. The molecule has 6 heteroatoms. The van der Waals surface area contributed by atoms with Crippen molar-refractivity contribution in [3.63, 3.8) is 0 Å². The maximum atomic E-state index is 11.9. The number of likely N-dealkylation sites (N-methyl/N-ethyl adjacent to an activating group) is 1. The third-order valence-electron chi connectivity index (χ3n) is 3.99. The molecule has 2 atom stereocenters. The number of aryl methyl sites for hydroxylation is 1. The van der Waals surface area contributed by atoms with Gasteiger partial charge in [-0.3, -0.25) is 15.0 Å². The van der Waals surface area contributed by atoms with Gasteiger partial charge in [0.25, 0.3) is 0 Å². The smallest absolute Gasteiger partial charge is 0.234 e. The lowest BCUT2D eigenvalue weighted by molar-refractivity contribution is -0.127. The first-order valence-corrected chi connectivity index (χ1v) is 8.48. The number of aliphatic hydroxyl groups is 1. The summed E-state index contributed by atoms with van der Waals surface area (Å²) in [6, 6.07) is 9.99. The first kappa shape index (κ1) is 20.1. The van der Waals surface area contributed by atoms with Crippen LogP contribution in [0.1, 0.15) is 38.7 Å². The molecule has 2 unspecified atom stereocenters. The van der Waals surface area contributed by atoms with Crippen LogP contribution in [0.5, 0.6) is 0 Å². The minimum absolute atomic E-state index is 0.166. The SMILES string of the molecule is CCN(CC(O)CCc1ccccc1)NC(=O)CCC(C)C(N)=O. The number of hydrazine groups is 1. The summed E-state index contributed by atoms with van der Waals surface area (Å²) in [5.74, 6) is -0.881. The molecule has 0 bridgehead atoms. The van der Waals surface area contributed by atoms with Crippen molar-refractivity contribution in [3.05, 3.63) is 35.9 Å². The molecule has 6 nitrogen and oxygen atoms in total. The summed E-state index contributed by atoms with van der Waals surface area (Å²) in [7, 11) is 0. The van der Waals surface area contributed by atoms with Crippen molar-refractivity contribution in [1.82, 2.24) is 10.4 Å². The van der Waals surface area contributed by atoms with Gasteiger partial charge in [-0.2, -0.15) is 0 Å². The predicted octanol–water partition coefficient (Wildman–Crippen LogP) is 1.23. The average Bonchev–Trinajstić information content (AvgIpc) is 2.58. The molecule has 2 amide bonds. The van der Waals surface area contributed by atoms with Gasteiger partial charge >= 0.3 is 0 Å². The zero-order valence-corrected chi connectivity index (χ0v) is 14.6. The number of nitrogens with two attached hydrogens (primary N) is 1. The highest BCUT2D eigenvalue weighted by atomic mass is 16.3. The second kappa shape index (κ2) is 10.8. The Balaban J connectivity index is 2.32. The van der Waals surface area contributed by atoms with Gasteiger partial charge in [0, 0.05) is 25.4 Å². The molecule has 0 fully saturated rings. The van der Waals surface area contributed by atoms with E-state index in [4.69, 9.17) is 5.73 Å². The highest BCUT2D eigenvalue weighted by molar-refractivity contribution is 5.78. The molecule has 0 aromatic heterocycles. The van der Waals surface area contributed by atoms with Crippen molar-refractivity contribution in [2.45, 2.75) is 45.6 Å². The van der Waals surface area contributed by atoms with E-state index in [2.05, 4.69) is 5.43 Å². The highest BCUT2D eigenvalue weighted by Crippen LogP contribution is 2.07. The Morgan fingerprint density at radius 2 is 1.92 bits per heavy atom. The fourth-order valence-electron chi connectivity index (χ4n) is 2.30. The Labute approximate surface area is 144 Å². The zero-order chi connectivity index (χ0) is 17.9. The quantitative estimate of drug-likeness (QED) is 0.530. The van der Waals surface area contributed by atoms with Gasteiger partial charge < -0.3 is 10.8 Å². The molecule has 0 saturated heterocycles. The van der Waals surface area contributed by atoms with Crippen LogP contribution in [-0.2, 0) is 16.0 Å². The van der Waals surface area contributed by atoms with Crippen molar-refractivity contribution in [3.8, 4) is 0 Å². The maximum Gasteiger partial charge on any atom is 0.234 e. The number of aliphatic hydroxyl groups excluding tert-OH is 1. The van der Waals surface area contributed by atoms with Crippen LogP contribution in [0, 0.1) is 5.92 Å². The Morgan fingerprint density at radius 1 is 1.25 bits per heavy atom. The Bertz CT molecular complexity index is 507. The molecule has 0 aliphatic heterocycles. The number of amides is 2. The van der Waals surface area contributed by atoms with Crippen molar-refractivity contribution >= 4 is 11.8 Å². The first-order chi connectivity index (χ1) is 11.4. The van der Waals surface area contributed by atoms with E-state index < -0.39 is 12.0 Å². The van der Waals surface area contributed by atoms with Crippen molar-refractivity contribution in [1.29, 1.82) is 0 Å². The van der Waals surface area contributed by atoms with Gasteiger partial charge in [-0.15, -0.1) is 0 Å². The number of nitrogens with zero attached hydrogens (tertiary/aromatic N) is 1. The van der Waals surface area contributed by atoms with Crippen LogP contribution in [0.25, 0.3) is 0 Å². The van der Waals surface area contributed by atoms with Gasteiger partial charge in [0.05, 0.1) is 6.10 Å². The number of hydrogen-bond acceptors (Lipinski definition) is 4. The molecule has 1 rings (SSSR count). The summed E-state index contributed by atoms with van der Waals surface area (Å²) in [5, 5.41) is 11.9. The summed E-state index contributed by atoms with van der Waals surface area (Å²) in [6.45, 7) is 4.59. The highest BCUT2D eigenvalue weighted by Gasteiger charge is 2.15. The van der Waals surface area contributed by atoms with Gasteiger partial charge in [-0.05, 0) is 24.8 Å². The van der Waals surface area contributed by atoms with Gasteiger partial charge in [0.15, 0.2) is 0 Å². The van der Waals surface area contributed by atoms with E-state index >= 15 is 0 Å². The number of carbonyl (C=O) groups is 2. The summed E-state index contributed by atoms with van der Waals surface area (Å²) < 4.78 is 0. The molecule has 134 valence electrons. The van der Waals surface area contributed by atoms with E-state index in [1.54, 1.807) is 11.9 Å². The second-order valence-electron chi connectivity index (χ2n) is 6.09. The molecule has 1 aromatic carbocycles. The Kier molecular flexibility index (Phi) is 9.04. The van der Waals surface area contributed by atoms with Crippen LogP contribution < -0.4 is 11.2 Å². The molecule has 4 N–H and O–H groups in total. The van der Waals surface area contributed by atoms with E-state index in [-0.39, 0.29) is 18.2 Å². The summed E-state index contributed by atoms with van der Waals surface area (Å²) in [6.07, 6.45) is 1.57. The number of hydrogen-bond donors (Lipinski definition) is 3. The van der Waals surface area contributed by atoms with Crippen molar-refractivity contribution in [2.75, 3.05) is 13.1 Å². The summed E-state index contributed by atoms with van der Waals surface area (Å²) >= 11 is 0. The third kappa shape index (κ3) is 8.08. The largest absolute Gasteiger partial charge is 0.392 e. The molecule has 0 radical (unpaired) electrons. The Hall–Kier alpha value is -1.92. The van der Waals surface area contributed by atoms with E-state index in [1.807, 2.05) is 37.3 Å². The van der Waals surface area contributed by atoms with Crippen LogP contribution in [0.4, 0.5) is 0 Å². The van der Waals surface area contributed by atoms with E-state index in [9.17, 15) is 14.7 Å². The van der Waals surface area contributed by atoms with Gasteiger partial charge in [-0.1, -0.05) is 44.2 Å². The normalized spacial score (nSPS) is 13.5. The van der Waals surface area contributed by atoms with E-state index in [1.165, 1.54) is 5.56 Å². The monoisotopic (exact) mass is 335 g/mol. The van der Waals surface area contributed by atoms with Crippen molar-refractivity contribution < 1.29 is 14.7 Å². The molecule has 1 aromatic rings. The lowest BCUT2D eigenvalue weighted by Crippen LogP contribution is -2.46. The van der Waals surface area contributed by atoms with E-state index in [0.717, 1.165) is 6.42 Å². The van der Waals surface area contributed by atoms with Gasteiger partial charge in [0.2, 0.25) is 11.8 Å². The van der Waals surface area contributed by atoms with Crippen LogP contribution in [0.3, 0.4) is 0 Å². The zero-order valence-electron chi connectivity index (χ0n) is 14.6. The lowest BCUT2D eigenvalue weighted by atomic mass is 10.1. The minimum Gasteiger partial charge on any atom is -0.392 e. The predicted molar refractivity (Wildman–Crippen MR) is 93.8 cm³/mol. The number of benzene rings is 1. The second-order valence-corrected chi connectivity index (χ2v) is 6.09. The number of rotatable bonds is 11. The fraction of sp³-hybridized carbons (Fsp3) is 0.556. The molecular weight excluding hydrogens is 306 g/mol. The van der Waals surface area contributed by atoms with E-state index in [0.29, 0.717) is 25.9 Å². The maximum absolute atomic E-state index is 11.9. The number of carbonyl (C=O) groups excluding carboxylic acids is 2. The fourth-order valence-corrected chi connectivity index (χ4v) is 2.30. The molecule has 0 saturated carbocycles. The van der Waals surface area contributed by atoms with Gasteiger partial charge in [0.1, 0.15) is 0 Å². The average molecular weight is 335 g/mol. The van der Waals surface area contributed by atoms with Gasteiger partial charge in [-0.25, -0.2) is 5.01 Å². The molecular formula is C18H29N3O3. The molecule has 0 spiro atoms. The topological polar surface area (TPSA) is 95.7 Å². The molecule has 0 aliphatic rings.